The van der Waals surface area contributed by atoms with Crippen molar-refractivity contribution in [2.24, 2.45) is 5.92 Å². The van der Waals surface area contributed by atoms with Crippen LogP contribution in [-0.4, -0.2) is 45.0 Å². The van der Waals surface area contributed by atoms with Gasteiger partial charge < -0.3 is 9.64 Å². The van der Waals surface area contributed by atoms with Crippen LogP contribution in [0, 0.1) is 5.92 Å². The Kier molecular flexibility index (Phi) is 3.38. The van der Waals surface area contributed by atoms with Gasteiger partial charge in [-0.15, -0.1) is 11.3 Å². The summed E-state index contributed by atoms with van der Waals surface area (Å²) in [6.07, 6.45) is 8.37. The summed E-state index contributed by atoms with van der Waals surface area (Å²) < 4.78 is 6.22. The van der Waals surface area contributed by atoms with E-state index in [-0.39, 0.29) is 18.1 Å². The Morgan fingerprint density at radius 1 is 1.29 bits per heavy atom. The van der Waals surface area contributed by atoms with Crippen molar-refractivity contribution in [3.63, 3.8) is 0 Å². The first-order valence-electron chi connectivity index (χ1n) is 8.44. The zero-order valence-electron chi connectivity index (χ0n) is 13.2. The summed E-state index contributed by atoms with van der Waals surface area (Å²) in [6.45, 7) is 1.37. The lowest BCUT2D eigenvalue weighted by atomic mass is 10.0. The van der Waals surface area contributed by atoms with Gasteiger partial charge in [-0.25, -0.2) is 9.97 Å². The highest BCUT2D eigenvalue weighted by Gasteiger charge is 2.45. The largest absolute Gasteiger partial charge is 0.366 e. The van der Waals surface area contributed by atoms with Crippen LogP contribution < -0.4 is 0 Å². The highest BCUT2D eigenvalue weighted by Crippen LogP contribution is 2.45. The van der Waals surface area contributed by atoms with Crippen LogP contribution in [0.3, 0.4) is 0 Å². The molecule has 1 aliphatic carbocycles. The summed E-state index contributed by atoms with van der Waals surface area (Å²) in [7, 11) is 0. The number of ether oxygens (including phenoxy) is 1. The molecule has 2 aromatic heterocycles. The maximum Gasteiger partial charge on any atom is 0.274 e. The van der Waals surface area contributed by atoms with Gasteiger partial charge in [0.15, 0.2) is 0 Å². The zero-order valence-corrected chi connectivity index (χ0v) is 14.0. The normalized spacial score (nSPS) is 29.0. The topological polar surface area (TPSA) is 68.2 Å². The SMILES string of the molecule is O=C(c1cnccn1)N1C[C@@H]2C[C@@H](c3nc(C4CC4)cs3)O[C@@H]2C1. The maximum absolute atomic E-state index is 12.5. The Balaban J connectivity index is 1.24. The van der Waals surface area contributed by atoms with Gasteiger partial charge >= 0.3 is 0 Å². The van der Waals surface area contributed by atoms with Crippen LogP contribution in [-0.2, 0) is 4.74 Å². The molecule has 0 radical (unpaired) electrons. The molecular weight excluding hydrogens is 324 g/mol. The summed E-state index contributed by atoms with van der Waals surface area (Å²) in [6, 6.07) is 0. The number of rotatable bonds is 3. The van der Waals surface area contributed by atoms with Gasteiger partial charge in [-0.05, 0) is 19.3 Å². The van der Waals surface area contributed by atoms with Gasteiger partial charge in [0, 0.05) is 42.7 Å². The fourth-order valence-electron chi connectivity index (χ4n) is 3.68. The molecule has 0 bridgehead atoms. The van der Waals surface area contributed by atoms with Gasteiger partial charge in [0.25, 0.3) is 5.91 Å². The first kappa shape index (κ1) is 14.5. The predicted octanol–water partition coefficient (Wildman–Crippen LogP) is 2.41. The third kappa shape index (κ3) is 2.52. The Morgan fingerprint density at radius 2 is 2.21 bits per heavy atom. The average molecular weight is 342 g/mol. The second-order valence-electron chi connectivity index (χ2n) is 6.84. The van der Waals surface area contributed by atoms with Gasteiger partial charge in [-0.2, -0.15) is 0 Å². The van der Waals surface area contributed by atoms with E-state index in [4.69, 9.17) is 9.72 Å². The Morgan fingerprint density at radius 3 is 2.96 bits per heavy atom. The molecule has 1 saturated carbocycles. The minimum absolute atomic E-state index is 0.0529. The van der Waals surface area contributed by atoms with Crippen molar-refractivity contribution in [3.8, 4) is 0 Å². The molecule has 7 heteroatoms. The number of nitrogens with zero attached hydrogens (tertiary/aromatic N) is 4. The van der Waals surface area contributed by atoms with E-state index in [0.29, 0.717) is 24.1 Å². The van der Waals surface area contributed by atoms with Crippen LogP contribution in [0.2, 0.25) is 0 Å². The molecule has 124 valence electrons. The number of carbonyl (C=O) groups excluding carboxylic acids is 1. The van der Waals surface area contributed by atoms with E-state index < -0.39 is 0 Å². The fraction of sp³-hybridized carbons (Fsp3) is 0.529. The van der Waals surface area contributed by atoms with Crippen molar-refractivity contribution in [1.82, 2.24) is 19.9 Å². The molecule has 3 fully saturated rings. The van der Waals surface area contributed by atoms with E-state index in [0.717, 1.165) is 18.0 Å². The maximum atomic E-state index is 12.5. The second-order valence-corrected chi connectivity index (χ2v) is 7.73. The molecule has 0 spiro atoms. The van der Waals surface area contributed by atoms with E-state index in [1.807, 2.05) is 4.90 Å². The molecule has 3 aliphatic rings. The highest BCUT2D eigenvalue weighted by atomic mass is 32.1. The van der Waals surface area contributed by atoms with E-state index >= 15 is 0 Å². The van der Waals surface area contributed by atoms with Crippen LogP contribution in [0.5, 0.6) is 0 Å². The quantitative estimate of drug-likeness (QED) is 0.857. The van der Waals surface area contributed by atoms with Crippen molar-refractivity contribution in [1.29, 1.82) is 0 Å². The number of thiazole rings is 1. The van der Waals surface area contributed by atoms with Crippen LogP contribution in [0.4, 0.5) is 0 Å². The molecule has 0 unspecified atom stereocenters. The molecule has 2 aromatic rings. The minimum atomic E-state index is -0.0529. The standard InChI is InChI=1S/C17H18N4O2S/c22-17(12-6-18-3-4-19-12)21-7-11-5-14(23-15(11)8-21)16-20-13(9-24-16)10-1-2-10/h3-4,6,9-11,14-15H,1-2,5,7-8H2/t11-,14-,15+/m0/s1. The van der Waals surface area contributed by atoms with Crippen LogP contribution >= 0.6 is 11.3 Å². The van der Waals surface area contributed by atoms with Gasteiger partial charge in [0.1, 0.15) is 16.8 Å². The number of likely N-dealkylation sites (tertiary alicyclic amines) is 1. The van der Waals surface area contributed by atoms with E-state index in [1.165, 1.54) is 24.7 Å². The van der Waals surface area contributed by atoms with Gasteiger partial charge in [-0.1, -0.05) is 0 Å². The summed E-state index contributed by atoms with van der Waals surface area (Å²) in [5.41, 5.74) is 1.65. The van der Waals surface area contributed by atoms with Crippen molar-refractivity contribution >= 4 is 17.2 Å². The number of carbonyl (C=O) groups is 1. The molecule has 2 saturated heterocycles. The number of fused-ring (bicyclic) bond motifs is 1. The fourth-order valence-corrected chi connectivity index (χ4v) is 4.62. The lowest BCUT2D eigenvalue weighted by Crippen LogP contribution is -2.31. The lowest BCUT2D eigenvalue weighted by molar-refractivity contribution is 0.0352. The number of hydrogen-bond acceptors (Lipinski definition) is 6. The number of aromatic nitrogens is 3. The molecule has 6 nitrogen and oxygen atoms in total. The Hall–Kier alpha value is -1.86. The second kappa shape index (κ2) is 5.60. The zero-order chi connectivity index (χ0) is 16.1. The molecule has 0 N–H and O–H groups in total. The van der Waals surface area contributed by atoms with Gasteiger partial charge in [0.05, 0.1) is 18.0 Å². The molecule has 2 aliphatic heterocycles. The number of hydrogen-bond donors (Lipinski definition) is 0. The van der Waals surface area contributed by atoms with Crippen molar-refractivity contribution in [2.75, 3.05) is 13.1 Å². The van der Waals surface area contributed by atoms with E-state index in [2.05, 4.69) is 15.3 Å². The summed E-state index contributed by atoms with van der Waals surface area (Å²) in [5, 5.41) is 3.30. The monoisotopic (exact) mass is 342 g/mol. The summed E-state index contributed by atoms with van der Waals surface area (Å²) in [5.74, 6) is 1.03. The van der Waals surface area contributed by atoms with Crippen LogP contribution in [0.25, 0.3) is 0 Å². The summed E-state index contributed by atoms with van der Waals surface area (Å²) in [4.78, 5) is 27.2. The van der Waals surface area contributed by atoms with E-state index in [9.17, 15) is 4.79 Å². The Labute approximate surface area is 143 Å². The summed E-state index contributed by atoms with van der Waals surface area (Å²) >= 11 is 1.72. The molecule has 1 amide bonds. The van der Waals surface area contributed by atoms with Crippen molar-refractivity contribution < 1.29 is 9.53 Å². The first-order chi connectivity index (χ1) is 11.8. The van der Waals surface area contributed by atoms with E-state index in [1.54, 1.807) is 23.7 Å². The smallest absolute Gasteiger partial charge is 0.274 e. The van der Waals surface area contributed by atoms with Gasteiger partial charge in [0.2, 0.25) is 0 Å². The van der Waals surface area contributed by atoms with Crippen molar-refractivity contribution in [3.05, 3.63) is 40.4 Å². The van der Waals surface area contributed by atoms with Gasteiger partial charge in [-0.3, -0.25) is 9.78 Å². The third-order valence-electron chi connectivity index (χ3n) is 5.12. The molecule has 3 atom stereocenters. The van der Waals surface area contributed by atoms with Crippen molar-refractivity contribution in [2.45, 2.75) is 37.4 Å². The minimum Gasteiger partial charge on any atom is -0.366 e. The third-order valence-corrected chi connectivity index (χ3v) is 6.07. The molecule has 4 heterocycles. The number of amides is 1. The molecule has 0 aromatic carbocycles. The van der Waals surface area contributed by atoms with Crippen LogP contribution in [0.1, 0.15) is 52.5 Å². The predicted molar refractivity (Wildman–Crippen MR) is 87.7 cm³/mol. The first-order valence-corrected chi connectivity index (χ1v) is 9.32. The molecular formula is C17H18N4O2S. The average Bonchev–Trinajstić information content (AvgIpc) is 3.04. The molecule has 24 heavy (non-hydrogen) atoms. The molecule has 5 rings (SSSR count). The Bertz CT molecular complexity index is 747. The van der Waals surface area contributed by atoms with Crippen LogP contribution in [0.15, 0.2) is 24.0 Å². The highest BCUT2D eigenvalue weighted by molar-refractivity contribution is 7.09. The lowest BCUT2D eigenvalue weighted by Gasteiger charge is -2.18.